The largest absolute Gasteiger partial charge is 0.466 e. The summed E-state index contributed by atoms with van der Waals surface area (Å²) in [5.74, 6) is 7.63. The second-order valence-corrected chi connectivity index (χ2v) is 23.4. The normalized spacial score (nSPS) is 30.6. The molecule has 5 aliphatic rings. The molecule has 5 rings (SSSR count). The van der Waals surface area contributed by atoms with Crippen LogP contribution in [0.5, 0.6) is 0 Å². The van der Waals surface area contributed by atoms with Crippen LogP contribution in [-0.2, 0) is 9.53 Å². The summed E-state index contributed by atoms with van der Waals surface area (Å²) in [6.07, 6.45) is 30.7. The molecule has 0 aromatic carbocycles. The fraction of sp³-hybridized carbons (Fsp3) is 0.983. The van der Waals surface area contributed by atoms with Gasteiger partial charge < -0.3 is 50.7 Å². The lowest BCUT2D eigenvalue weighted by atomic mass is 9.79. The monoisotopic (exact) mass is 989 g/mol. The van der Waals surface area contributed by atoms with Crippen LogP contribution in [0.25, 0.3) is 0 Å². The van der Waals surface area contributed by atoms with Crippen LogP contribution in [0.3, 0.4) is 0 Å². The number of carbonyl (C=O) groups is 1. The average Bonchev–Trinajstić information content (AvgIpc) is 3.29. The molecule has 0 bridgehead atoms. The summed E-state index contributed by atoms with van der Waals surface area (Å²) in [6, 6.07) is 0. The van der Waals surface area contributed by atoms with E-state index in [4.69, 9.17) is 25.5 Å². The molecule has 5 aliphatic carbocycles. The Hall–Kier alpha value is -0.890. The van der Waals surface area contributed by atoms with Crippen LogP contribution in [0, 0.1) is 59.2 Å². The van der Waals surface area contributed by atoms with Crippen molar-refractivity contribution in [3.8, 4) is 0 Å². The van der Waals surface area contributed by atoms with Gasteiger partial charge in [-0.3, -0.25) is 4.79 Å². The van der Waals surface area contributed by atoms with E-state index < -0.39 is 6.10 Å². The summed E-state index contributed by atoms with van der Waals surface area (Å²) in [4.78, 5) is 10.2. The summed E-state index contributed by atoms with van der Waals surface area (Å²) in [5.41, 5.74) is 0. The fourth-order valence-electron chi connectivity index (χ4n) is 10.8. The Morgan fingerprint density at radius 1 is 0.435 bits per heavy atom. The summed E-state index contributed by atoms with van der Waals surface area (Å²) < 4.78 is 4.58. The van der Waals surface area contributed by atoms with E-state index in [1.807, 2.05) is 20.8 Å². The maximum Gasteiger partial charge on any atom is 0.302 e. The Morgan fingerprint density at radius 2 is 0.797 bits per heavy atom. The number of hydrogen-bond acceptors (Lipinski definition) is 11. The molecule has 5 saturated carbocycles. The minimum Gasteiger partial charge on any atom is -0.466 e. The van der Waals surface area contributed by atoms with Gasteiger partial charge >= 0.3 is 5.97 Å². The number of hydrogen-bond donors (Lipinski definition) is 9. The second-order valence-electron chi connectivity index (χ2n) is 23.4. The molecule has 0 aromatic rings. The van der Waals surface area contributed by atoms with Crippen molar-refractivity contribution in [3.63, 3.8) is 0 Å². The Morgan fingerprint density at radius 3 is 1.16 bits per heavy atom. The predicted octanol–water partition coefficient (Wildman–Crippen LogP) is 10.9. The number of rotatable bonds is 18. The van der Waals surface area contributed by atoms with Gasteiger partial charge in [-0.2, -0.15) is 0 Å². The van der Waals surface area contributed by atoms with Crippen LogP contribution >= 0.6 is 0 Å². The molecule has 6 atom stereocenters. The third-order valence-corrected chi connectivity index (χ3v) is 16.1. The second kappa shape index (κ2) is 42.5. The molecular weight excluding hydrogens is 873 g/mol. The third-order valence-electron chi connectivity index (χ3n) is 16.1. The van der Waals surface area contributed by atoms with E-state index in [0.717, 1.165) is 73.5 Å². The van der Waals surface area contributed by atoms with E-state index in [1.165, 1.54) is 129 Å². The van der Waals surface area contributed by atoms with Crippen molar-refractivity contribution in [3.05, 3.63) is 0 Å². The molecule has 11 heteroatoms. The molecule has 6 unspecified atom stereocenters. The van der Waals surface area contributed by atoms with E-state index in [0.29, 0.717) is 43.4 Å². The van der Waals surface area contributed by atoms with Gasteiger partial charge in [-0.25, -0.2) is 0 Å². The lowest BCUT2D eigenvalue weighted by Gasteiger charge is -2.29. The van der Waals surface area contributed by atoms with E-state index in [2.05, 4.69) is 39.4 Å². The molecule has 0 saturated heterocycles. The van der Waals surface area contributed by atoms with Crippen LogP contribution in [-0.4, -0.2) is 115 Å². The molecule has 414 valence electrons. The van der Waals surface area contributed by atoms with Gasteiger partial charge in [0, 0.05) is 33.2 Å². The van der Waals surface area contributed by atoms with Gasteiger partial charge in [-0.05, 0) is 151 Å². The minimum atomic E-state index is -0.570. The SMILES string of the molecule is CC(=O)OCCC(O)CCO.CC(O)CC1CCC(C)CC1.CC(O)CCC1CCC(C)CC1.CC1CCC(C(C)O)CC1.CC1CCC(C(O)CCO)CC1.CC1CCC(CC(O)CCO)CC1. The number of aliphatic hydroxyl groups is 9. The molecule has 9 N–H and O–H groups in total. The van der Waals surface area contributed by atoms with Gasteiger partial charge in [-0.1, -0.05) is 137 Å². The van der Waals surface area contributed by atoms with Gasteiger partial charge in [0.2, 0.25) is 0 Å². The molecule has 0 spiro atoms. The van der Waals surface area contributed by atoms with Crippen molar-refractivity contribution in [2.24, 2.45) is 59.2 Å². The van der Waals surface area contributed by atoms with Crippen LogP contribution in [0.2, 0.25) is 0 Å². The maximum absolute atomic E-state index is 10.2. The standard InChI is InChI=1S/C11H22O2.C11H22O.C10H20O2.C10H20O.C9H18O.C7H14O4/c1-9-2-4-10(5-3-9)8-11(13)6-7-12;1-9-3-6-11(7-4-9)8-5-10(2)12;1-8-2-4-9(5-3-8)10(12)6-7-11;1-8-3-5-10(6-4-8)7-9(2)11;1-7-3-5-9(6-4-7)8(2)10;1-6(9)11-5-3-7(10)2-4-8/h9-13H,2-8H2,1H3;9-12H,3-8H2,1-2H3;8-12H,2-7H2,1H3;8-11H,3-7H2,1-2H3;7-10H,3-6H2,1-2H3;7-8,10H,2-5H2,1H3. The first-order chi connectivity index (χ1) is 32.7. The zero-order valence-corrected chi connectivity index (χ0v) is 46.2. The predicted molar refractivity (Wildman–Crippen MR) is 283 cm³/mol. The third kappa shape index (κ3) is 39.3. The molecule has 0 amide bonds. The lowest BCUT2D eigenvalue weighted by Crippen LogP contribution is -2.25. The smallest absolute Gasteiger partial charge is 0.302 e. The highest BCUT2D eigenvalue weighted by Gasteiger charge is 2.25. The number of carbonyl (C=O) groups excluding carboxylic acids is 1. The van der Waals surface area contributed by atoms with E-state index >= 15 is 0 Å². The van der Waals surface area contributed by atoms with Gasteiger partial charge in [0.25, 0.3) is 0 Å². The van der Waals surface area contributed by atoms with Gasteiger partial charge in [0.15, 0.2) is 0 Å². The van der Waals surface area contributed by atoms with E-state index in [-0.39, 0.29) is 62.9 Å². The number of esters is 1. The summed E-state index contributed by atoms with van der Waals surface area (Å²) >= 11 is 0. The lowest BCUT2D eigenvalue weighted by molar-refractivity contribution is -0.141. The molecule has 69 heavy (non-hydrogen) atoms. The highest BCUT2D eigenvalue weighted by molar-refractivity contribution is 5.65. The van der Waals surface area contributed by atoms with E-state index in [1.54, 1.807) is 0 Å². The average molecular weight is 990 g/mol. The fourth-order valence-corrected chi connectivity index (χ4v) is 10.8. The molecule has 5 fully saturated rings. The molecule has 0 radical (unpaired) electrons. The highest BCUT2D eigenvalue weighted by Crippen LogP contribution is 2.34. The summed E-state index contributed by atoms with van der Waals surface area (Å²) in [5, 5.41) is 81.4. The quantitative estimate of drug-likeness (QED) is 0.0590. The maximum atomic E-state index is 10.2. The number of aliphatic hydroxyl groups excluding tert-OH is 9. The molecule has 0 heterocycles. The Balaban J connectivity index is 0.000000806. The minimum absolute atomic E-state index is 0.0404. The Kier molecular flexibility index (Phi) is 41.9. The molecular formula is C58H116O11. The summed E-state index contributed by atoms with van der Waals surface area (Å²) in [7, 11) is 0. The highest BCUT2D eigenvalue weighted by atomic mass is 16.5. The first-order valence-corrected chi connectivity index (χ1v) is 28.7. The van der Waals surface area contributed by atoms with Crippen molar-refractivity contribution in [1.29, 1.82) is 0 Å². The van der Waals surface area contributed by atoms with Gasteiger partial charge in [0.05, 0.1) is 43.2 Å². The molecule has 0 aromatic heterocycles. The molecule has 11 nitrogen and oxygen atoms in total. The van der Waals surface area contributed by atoms with Crippen LogP contribution < -0.4 is 0 Å². The molecule has 0 aliphatic heterocycles. The topological polar surface area (TPSA) is 208 Å². The van der Waals surface area contributed by atoms with E-state index in [9.17, 15) is 25.2 Å². The van der Waals surface area contributed by atoms with Gasteiger partial charge in [-0.15, -0.1) is 0 Å². The van der Waals surface area contributed by atoms with Crippen molar-refractivity contribution < 1.29 is 55.5 Å². The van der Waals surface area contributed by atoms with Crippen molar-refractivity contribution in [2.75, 3.05) is 26.4 Å². The van der Waals surface area contributed by atoms with Crippen molar-refractivity contribution in [2.45, 2.75) is 279 Å². The zero-order chi connectivity index (χ0) is 52.1. The van der Waals surface area contributed by atoms with Crippen molar-refractivity contribution >= 4 is 5.97 Å². The Labute approximate surface area is 424 Å². The van der Waals surface area contributed by atoms with Crippen LogP contribution in [0.1, 0.15) is 242 Å². The number of ether oxygens (including phenoxy) is 1. The van der Waals surface area contributed by atoms with Crippen LogP contribution in [0.4, 0.5) is 0 Å². The zero-order valence-electron chi connectivity index (χ0n) is 46.2. The van der Waals surface area contributed by atoms with Crippen LogP contribution in [0.15, 0.2) is 0 Å². The first kappa shape index (κ1) is 68.1. The van der Waals surface area contributed by atoms with Crippen molar-refractivity contribution in [1.82, 2.24) is 0 Å². The van der Waals surface area contributed by atoms with Gasteiger partial charge in [0.1, 0.15) is 0 Å². The Bertz CT molecular complexity index is 1110. The summed E-state index contributed by atoms with van der Waals surface area (Å²) in [6.45, 7) is 19.0. The first-order valence-electron chi connectivity index (χ1n) is 28.7.